The zero-order chi connectivity index (χ0) is 24.0. The number of fused-ring (bicyclic) bond motifs is 1. The Morgan fingerprint density at radius 1 is 1.00 bits per heavy atom. The number of para-hydroxylation sites is 1. The number of carboxylic acids is 1. The predicted molar refractivity (Wildman–Crippen MR) is 116 cm³/mol. The summed E-state index contributed by atoms with van der Waals surface area (Å²) in [6.07, 6.45) is 0.383. The fourth-order valence-corrected chi connectivity index (χ4v) is 3.08. The zero-order valence-electron chi connectivity index (χ0n) is 18.1. The van der Waals surface area contributed by atoms with Gasteiger partial charge in [0.1, 0.15) is 12.1 Å². The molecule has 32 heavy (non-hydrogen) atoms. The van der Waals surface area contributed by atoms with E-state index in [1.165, 1.54) is 20.8 Å². The van der Waals surface area contributed by atoms with Gasteiger partial charge in [0.05, 0.1) is 12.1 Å². The number of aliphatic hydroxyl groups excluding tert-OH is 1. The SMILES string of the molecule is CC(N)C(=O)NC(C)C(=O)NC(Cc1c[nH]c2ccccc12)C(=O)NC(C(=O)O)C(C)O. The van der Waals surface area contributed by atoms with Crippen LogP contribution in [0.25, 0.3) is 10.9 Å². The van der Waals surface area contributed by atoms with Crippen LogP contribution in [-0.2, 0) is 25.6 Å². The first kappa shape index (κ1) is 24.8. The normalized spacial score (nSPS) is 15.8. The molecule has 11 heteroatoms. The van der Waals surface area contributed by atoms with Crippen molar-refractivity contribution < 1.29 is 29.4 Å². The Hall–Kier alpha value is -3.44. The van der Waals surface area contributed by atoms with E-state index in [1.54, 1.807) is 6.20 Å². The van der Waals surface area contributed by atoms with Crippen LogP contribution in [0.1, 0.15) is 26.3 Å². The van der Waals surface area contributed by atoms with E-state index in [0.717, 1.165) is 16.5 Å². The first-order valence-electron chi connectivity index (χ1n) is 10.1. The predicted octanol–water partition coefficient (Wildman–Crippen LogP) is -1.00. The van der Waals surface area contributed by atoms with Crippen LogP contribution in [0.5, 0.6) is 0 Å². The zero-order valence-corrected chi connectivity index (χ0v) is 18.1. The molecule has 0 aliphatic rings. The molecule has 0 aliphatic heterocycles. The van der Waals surface area contributed by atoms with Crippen molar-refractivity contribution in [2.45, 2.75) is 57.5 Å². The van der Waals surface area contributed by atoms with E-state index in [2.05, 4.69) is 20.9 Å². The van der Waals surface area contributed by atoms with Gasteiger partial charge >= 0.3 is 5.97 Å². The summed E-state index contributed by atoms with van der Waals surface area (Å²) in [6, 6.07) is 2.84. The molecule has 1 heterocycles. The van der Waals surface area contributed by atoms with Gasteiger partial charge < -0.3 is 36.9 Å². The summed E-state index contributed by atoms with van der Waals surface area (Å²) in [5, 5.41) is 27.0. The van der Waals surface area contributed by atoms with Crippen LogP contribution < -0.4 is 21.7 Å². The van der Waals surface area contributed by atoms with Crippen molar-refractivity contribution in [1.82, 2.24) is 20.9 Å². The second kappa shape index (κ2) is 10.7. The monoisotopic (exact) mass is 447 g/mol. The standard InChI is InChI=1S/C21H29N5O6/c1-10(22)18(28)24-11(2)19(29)25-16(20(30)26-17(12(3)27)21(31)32)8-13-9-23-15-7-5-4-6-14(13)15/h4-7,9-12,16-17,23,27H,8,22H2,1-3H3,(H,24,28)(H,25,29)(H,26,30)(H,31,32). The summed E-state index contributed by atoms with van der Waals surface area (Å²) < 4.78 is 0. The smallest absolute Gasteiger partial charge is 0.328 e. The van der Waals surface area contributed by atoms with Gasteiger partial charge in [-0.15, -0.1) is 0 Å². The number of carboxylic acid groups (broad SMARTS) is 1. The average molecular weight is 447 g/mol. The van der Waals surface area contributed by atoms with Gasteiger partial charge in [0.15, 0.2) is 6.04 Å². The van der Waals surface area contributed by atoms with Gasteiger partial charge in [-0.3, -0.25) is 14.4 Å². The number of benzene rings is 1. The fourth-order valence-electron chi connectivity index (χ4n) is 3.08. The van der Waals surface area contributed by atoms with Crippen LogP contribution >= 0.6 is 0 Å². The number of nitrogens with two attached hydrogens (primary N) is 1. The Labute approximate surface area is 184 Å². The molecule has 1 aromatic carbocycles. The number of hydrogen-bond donors (Lipinski definition) is 7. The topological polar surface area (TPSA) is 187 Å². The van der Waals surface area contributed by atoms with Crippen molar-refractivity contribution in [2.75, 3.05) is 0 Å². The molecular formula is C21H29N5O6. The molecule has 0 fully saturated rings. The summed E-state index contributed by atoms with van der Waals surface area (Å²) in [7, 11) is 0. The Kier molecular flexibility index (Phi) is 8.33. The molecule has 0 saturated heterocycles. The number of carbonyl (C=O) groups is 4. The van der Waals surface area contributed by atoms with Crippen LogP contribution in [0.15, 0.2) is 30.5 Å². The molecule has 0 spiro atoms. The van der Waals surface area contributed by atoms with E-state index in [-0.39, 0.29) is 6.42 Å². The third kappa shape index (κ3) is 6.28. The minimum Gasteiger partial charge on any atom is -0.480 e. The summed E-state index contributed by atoms with van der Waals surface area (Å²) in [5.41, 5.74) is 7.05. The number of aromatic amines is 1. The number of carbonyl (C=O) groups excluding carboxylic acids is 3. The number of rotatable bonds is 10. The first-order valence-corrected chi connectivity index (χ1v) is 10.1. The van der Waals surface area contributed by atoms with Crippen LogP contribution in [0.3, 0.4) is 0 Å². The van der Waals surface area contributed by atoms with Crippen molar-refractivity contribution in [3.05, 3.63) is 36.0 Å². The molecule has 174 valence electrons. The molecule has 3 amide bonds. The van der Waals surface area contributed by atoms with Crippen molar-refractivity contribution in [1.29, 1.82) is 0 Å². The molecule has 0 radical (unpaired) electrons. The number of nitrogens with one attached hydrogen (secondary N) is 4. The summed E-state index contributed by atoms with van der Waals surface area (Å²) in [6.45, 7) is 4.14. The van der Waals surface area contributed by atoms with E-state index < -0.39 is 54.0 Å². The maximum atomic E-state index is 12.9. The largest absolute Gasteiger partial charge is 0.480 e. The van der Waals surface area contributed by atoms with E-state index in [9.17, 15) is 29.4 Å². The van der Waals surface area contributed by atoms with Crippen molar-refractivity contribution in [3.63, 3.8) is 0 Å². The minimum absolute atomic E-state index is 0.0433. The molecular weight excluding hydrogens is 418 g/mol. The molecule has 0 bridgehead atoms. The third-order valence-electron chi connectivity index (χ3n) is 4.94. The Balaban J connectivity index is 2.25. The van der Waals surface area contributed by atoms with Gasteiger partial charge in [-0.1, -0.05) is 18.2 Å². The summed E-state index contributed by atoms with van der Waals surface area (Å²) in [5.74, 6) is -3.39. The summed E-state index contributed by atoms with van der Waals surface area (Å²) >= 11 is 0. The van der Waals surface area contributed by atoms with Crippen LogP contribution in [-0.4, -0.2) is 69.2 Å². The van der Waals surface area contributed by atoms with Crippen LogP contribution in [0.4, 0.5) is 0 Å². The van der Waals surface area contributed by atoms with Crippen molar-refractivity contribution >= 4 is 34.6 Å². The molecule has 2 aromatic rings. The molecule has 0 saturated carbocycles. The maximum Gasteiger partial charge on any atom is 0.328 e. The highest BCUT2D eigenvalue weighted by Gasteiger charge is 2.31. The number of hydrogen-bond acceptors (Lipinski definition) is 6. The summed E-state index contributed by atoms with van der Waals surface area (Å²) in [4.78, 5) is 51.8. The van der Waals surface area contributed by atoms with Gasteiger partial charge in [-0.2, -0.15) is 0 Å². The van der Waals surface area contributed by atoms with Gasteiger partial charge in [0.2, 0.25) is 17.7 Å². The molecule has 5 atom stereocenters. The molecule has 8 N–H and O–H groups in total. The van der Waals surface area contributed by atoms with Crippen LogP contribution in [0, 0.1) is 0 Å². The number of aliphatic hydroxyl groups is 1. The van der Waals surface area contributed by atoms with Gasteiger partial charge in [0.25, 0.3) is 0 Å². The Bertz CT molecular complexity index is 986. The van der Waals surface area contributed by atoms with Gasteiger partial charge in [-0.25, -0.2) is 4.79 Å². The lowest BCUT2D eigenvalue weighted by molar-refractivity contribution is -0.145. The van der Waals surface area contributed by atoms with E-state index in [4.69, 9.17) is 5.73 Å². The van der Waals surface area contributed by atoms with E-state index >= 15 is 0 Å². The molecule has 0 aliphatic carbocycles. The number of amides is 3. The first-order chi connectivity index (χ1) is 15.0. The van der Waals surface area contributed by atoms with E-state index in [1.807, 2.05) is 24.3 Å². The molecule has 2 rings (SSSR count). The van der Waals surface area contributed by atoms with Crippen LogP contribution in [0.2, 0.25) is 0 Å². The van der Waals surface area contributed by atoms with Gasteiger partial charge in [-0.05, 0) is 32.4 Å². The fraction of sp³-hybridized carbons (Fsp3) is 0.429. The Morgan fingerprint density at radius 2 is 1.66 bits per heavy atom. The third-order valence-corrected chi connectivity index (χ3v) is 4.94. The minimum atomic E-state index is -1.56. The number of aromatic nitrogens is 1. The highest BCUT2D eigenvalue weighted by atomic mass is 16.4. The lowest BCUT2D eigenvalue weighted by Crippen LogP contribution is -2.58. The highest BCUT2D eigenvalue weighted by Crippen LogP contribution is 2.19. The van der Waals surface area contributed by atoms with Gasteiger partial charge in [0, 0.05) is 23.5 Å². The molecule has 11 nitrogen and oxygen atoms in total. The van der Waals surface area contributed by atoms with Crippen molar-refractivity contribution in [2.24, 2.45) is 5.73 Å². The van der Waals surface area contributed by atoms with E-state index in [0.29, 0.717) is 0 Å². The average Bonchev–Trinajstić information content (AvgIpc) is 3.13. The lowest BCUT2D eigenvalue weighted by atomic mass is 10.0. The van der Waals surface area contributed by atoms with Crippen molar-refractivity contribution in [3.8, 4) is 0 Å². The Morgan fingerprint density at radius 3 is 2.25 bits per heavy atom. The highest BCUT2D eigenvalue weighted by molar-refractivity contribution is 5.94. The lowest BCUT2D eigenvalue weighted by Gasteiger charge is -2.24. The number of aliphatic carboxylic acids is 1. The quantitative estimate of drug-likeness (QED) is 0.243. The molecule has 5 unspecified atom stereocenters. The molecule has 1 aromatic heterocycles. The number of H-pyrrole nitrogens is 1. The second-order valence-corrected chi connectivity index (χ2v) is 7.71. The second-order valence-electron chi connectivity index (χ2n) is 7.71. The maximum absolute atomic E-state index is 12.9.